The van der Waals surface area contributed by atoms with Crippen molar-refractivity contribution in [3.8, 4) is 11.5 Å². The van der Waals surface area contributed by atoms with Crippen LogP contribution in [0.3, 0.4) is 0 Å². The van der Waals surface area contributed by atoms with Gasteiger partial charge in [0, 0.05) is 11.1 Å². The molecule has 204 valence electrons. The van der Waals surface area contributed by atoms with Gasteiger partial charge in [0.1, 0.15) is 35.4 Å². The molecule has 39 heavy (non-hydrogen) atoms. The van der Waals surface area contributed by atoms with Gasteiger partial charge in [-0.25, -0.2) is 9.07 Å². The Morgan fingerprint density at radius 3 is 2.46 bits per heavy atom. The van der Waals surface area contributed by atoms with E-state index in [0.29, 0.717) is 34.5 Å². The number of benzene rings is 3. The largest absolute Gasteiger partial charge is 0.497 e. The molecule has 1 N–H and O–H groups in total. The number of anilines is 1. The van der Waals surface area contributed by atoms with E-state index in [2.05, 4.69) is 15.6 Å². The Labute approximate surface area is 226 Å². The van der Waals surface area contributed by atoms with E-state index in [1.165, 1.54) is 37.1 Å². The molecule has 0 fully saturated rings. The predicted molar refractivity (Wildman–Crippen MR) is 146 cm³/mol. The molecule has 9 nitrogen and oxygen atoms in total. The number of rotatable bonds is 10. The molecule has 0 bridgehead atoms. The van der Waals surface area contributed by atoms with Crippen LogP contribution in [0.4, 0.5) is 10.1 Å². The number of ether oxygens (including phenoxy) is 2. The Balaban J connectivity index is 1.91. The number of carbonyl (C=O) groups excluding carboxylic acids is 2. The van der Waals surface area contributed by atoms with Gasteiger partial charge in [-0.2, -0.15) is 0 Å². The molecule has 2 amide bonds. The predicted octanol–water partition coefficient (Wildman–Crippen LogP) is 4.67. The summed E-state index contributed by atoms with van der Waals surface area (Å²) >= 11 is 0. The molecule has 4 rings (SSSR count). The van der Waals surface area contributed by atoms with E-state index in [9.17, 15) is 9.59 Å². The SMILES string of the molecule is CCC(C)(C)NC(=O)[C@@H](c1cc(OC)ccc1OC)N(C(=O)Cn1nnc2ccccc21)c1ccccc1F. The molecule has 1 atom stereocenters. The summed E-state index contributed by atoms with van der Waals surface area (Å²) in [5, 5.41) is 11.3. The van der Waals surface area contributed by atoms with Crippen molar-refractivity contribution in [1.82, 2.24) is 20.3 Å². The molecule has 10 heteroatoms. The summed E-state index contributed by atoms with van der Waals surface area (Å²) in [5.74, 6) is -0.959. The zero-order valence-corrected chi connectivity index (χ0v) is 22.6. The number of methoxy groups -OCH3 is 2. The highest BCUT2D eigenvalue weighted by molar-refractivity contribution is 6.02. The maximum Gasteiger partial charge on any atom is 0.249 e. The lowest BCUT2D eigenvalue weighted by Crippen LogP contribution is -2.51. The smallest absolute Gasteiger partial charge is 0.249 e. The minimum Gasteiger partial charge on any atom is -0.497 e. The summed E-state index contributed by atoms with van der Waals surface area (Å²) in [6.45, 7) is 5.41. The van der Waals surface area contributed by atoms with Gasteiger partial charge < -0.3 is 14.8 Å². The highest BCUT2D eigenvalue weighted by atomic mass is 19.1. The minimum absolute atomic E-state index is 0.0637. The number of nitrogens with one attached hydrogen (secondary N) is 1. The lowest BCUT2D eigenvalue weighted by atomic mass is 9.97. The summed E-state index contributed by atoms with van der Waals surface area (Å²) in [7, 11) is 2.96. The Morgan fingerprint density at radius 1 is 1.05 bits per heavy atom. The van der Waals surface area contributed by atoms with Gasteiger partial charge in [0.25, 0.3) is 0 Å². The van der Waals surface area contributed by atoms with Crippen LogP contribution >= 0.6 is 0 Å². The van der Waals surface area contributed by atoms with Crippen LogP contribution in [0.1, 0.15) is 38.8 Å². The summed E-state index contributed by atoms with van der Waals surface area (Å²) in [4.78, 5) is 29.4. The van der Waals surface area contributed by atoms with E-state index in [-0.39, 0.29) is 12.2 Å². The van der Waals surface area contributed by atoms with Gasteiger partial charge in [-0.1, -0.05) is 36.4 Å². The Hall–Kier alpha value is -4.47. The summed E-state index contributed by atoms with van der Waals surface area (Å²) in [5.41, 5.74) is 0.906. The van der Waals surface area contributed by atoms with Crippen LogP contribution in [-0.4, -0.2) is 46.6 Å². The lowest BCUT2D eigenvalue weighted by Gasteiger charge is -2.35. The number of carbonyl (C=O) groups is 2. The van der Waals surface area contributed by atoms with E-state index >= 15 is 4.39 Å². The number of nitrogens with zero attached hydrogens (tertiary/aromatic N) is 4. The van der Waals surface area contributed by atoms with E-state index in [1.807, 2.05) is 32.9 Å². The summed E-state index contributed by atoms with van der Waals surface area (Å²) in [6.07, 6.45) is 0.624. The van der Waals surface area contributed by atoms with E-state index in [0.717, 1.165) is 4.90 Å². The molecule has 1 heterocycles. The van der Waals surface area contributed by atoms with Crippen molar-refractivity contribution in [2.45, 2.75) is 45.3 Å². The van der Waals surface area contributed by atoms with Crippen LogP contribution in [0.25, 0.3) is 11.0 Å². The maximum atomic E-state index is 15.4. The number of halogens is 1. The van der Waals surface area contributed by atoms with E-state index in [4.69, 9.17) is 9.47 Å². The first kappa shape index (κ1) is 27.6. The molecule has 0 aliphatic rings. The number of fused-ring (bicyclic) bond motifs is 1. The lowest BCUT2D eigenvalue weighted by molar-refractivity contribution is -0.128. The third-order valence-electron chi connectivity index (χ3n) is 6.67. The van der Waals surface area contributed by atoms with Gasteiger partial charge in [0.05, 0.1) is 25.4 Å². The van der Waals surface area contributed by atoms with Gasteiger partial charge in [-0.05, 0) is 62.7 Å². The number of amides is 2. The molecule has 0 unspecified atom stereocenters. The van der Waals surface area contributed by atoms with E-state index < -0.39 is 29.2 Å². The first-order chi connectivity index (χ1) is 18.7. The van der Waals surface area contributed by atoms with Crippen molar-refractivity contribution in [2.24, 2.45) is 0 Å². The first-order valence-electron chi connectivity index (χ1n) is 12.6. The van der Waals surface area contributed by atoms with Crippen molar-refractivity contribution in [3.63, 3.8) is 0 Å². The summed E-state index contributed by atoms with van der Waals surface area (Å²) < 4.78 is 27.8. The second-order valence-electron chi connectivity index (χ2n) is 9.69. The Morgan fingerprint density at radius 2 is 1.77 bits per heavy atom. The van der Waals surface area contributed by atoms with E-state index in [1.54, 1.807) is 36.4 Å². The molecule has 0 aliphatic carbocycles. The average molecular weight is 534 g/mol. The second-order valence-corrected chi connectivity index (χ2v) is 9.69. The zero-order valence-electron chi connectivity index (χ0n) is 22.6. The first-order valence-corrected chi connectivity index (χ1v) is 12.6. The molecule has 0 radical (unpaired) electrons. The fourth-order valence-electron chi connectivity index (χ4n) is 4.24. The molecule has 0 aliphatic heterocycles. The molecule has 4 aromatic rings. The van der Waals surface area contributed by atoms with Gasteiger partial charge in [0.15, 0.2) is 0 Å². The average Bonchev–Trinajstić information content (AvgIpc) is 3.34. The maximum absolute atomic E-state index is 15.4. The highest BCUT2D eigenvalue weighted by Gasteiger charge is 2.38. The van der Waals surface area contributed by atoms with Gasteiger partial charge >= 0.3 is 0 Å². The topological polar surface area (TPSA) is 98.6 Å². The fourth-order valence-corrected chi connectivity index (χ4v) is 4.24. The monoisotopic (exact) mass is 533 g/mol. The third-order valence-corrected chi connectivity index (χ3v) is 6.67. The summed E-state index contributed by atoms with van der Waals surface area (Å²) in [6, 6.07) is 16.7. The molecular formula is C29H32FN5O4. The van der Waals surface area contributed by atoms with Crippen LogP contribution in [-0.2, 0) is 16.1 Å². The molecule has 0 saturated heterocycles. The third kappa shape index (κ3) is 5.84. The van der Waals surface area contributed by atoms with Crippen molar-refractivity contribution in [1.29, 1.82) is 0 Å². The molecule has 0 saturated carbocycles. The highest BCUT2D eigenvalue weighted by Crippen LogP contribution is 2.37. The van der Waals surface area contributed by atoms with Crippen molar-refractivity contribution >= 4 is 28.5 Å². The number of para-hydroxylation sites is 2. The van der Waals surface area contributed by atoms with Crippen LogP contribution in [0, 0.1) is 5.82 Å². The van der Waals surface area contributed by atoms with Crippen LogP contribution in [0.5, 0.6) is 11.5 Å². The normalized spacial score (nSPS) is 12.2. The van der Waals surface area contributed by atoms with Crippen LogP contribution in [0.2, 0.25) is 0 Å². The molecular weight excluding hydrogens is 501 g/mol. The van der Waals surface area contributed by atoms with Gasteiger partial charge in [0.2, 0.25) is 11.8 Å². The number of hydrogen-bond donors (Lipinski definition) is 1. The van der Waals surface area contributed by atoms with Crippen molar-refractivity contribution < 1.29 is 23.5 Å². The second kappa shape index (κ2) is 11.5. The van der Waals surface area contributed by atoms with Crippen molar-refractivity contribution in [3.05, 3.63) is 78.1 Å². The Kier molecular flexibility index (Phi) is 8.13. The standard InChI is InChI=1S/C29H32FN5O4/c1-6-29(2,3)31-28(37)27(20-17-19(38-4)15-16-25(20)39-5)35(23-13-9-7-11-21(23)30)26(36)18-34-24-14-10-8-12-22(24)32-33-34/h7-17,27H,6,18H2,1-5H3,(H,31,37)/t27-/m1/s1. The fraction of sp³-hybridized carbons (Fsp3) is 0.310. The van der Waals surface area contributed by atoms with Gasteiger partial charge in [-0.3, -0.25) is 14.5 Å². The van der Waals surface area contributed by atoms with Crippen molar-refractivity contribution in [2.75, 3.05) is 19.1 Å². The molecule has 0 spiro atoms. The van der Waals surface area contributed by atoms with Crippen LogP contribution < -0.4 is 19.7 Å². The number of aromatic nitrogens is 3. The Bertz CT molecular complexity index is 1490. The minimum atomic E-state index is -1.31. The molecule has 3 aromatic carbocycles. The molecule has 1 aromatic heterocycles. The quantitative estimate of drug-likeness (QED) is 0.318. The van der Waals surface area contributed by atoms with Gasteiger partial charge in [-0.15, -0.1) is 5.10 Å². The number of hydrogen-bond acceptors (Lipinski definition) is 6. The van der Waals surface area contributed by atoms with Crippen LogP contribution in [0.15, 0.2) is 66.7 Å². The zero-order chi connectivity index (χ0) is 28.2.